The van der Waals surface area contributed by atoms with Gasteiger partial charge in [0.05, 0.1) is 6.04 Å². The summed E-state index contributed by atoms with van der Waals surface area (Å²) in [4.78, 5) is 14.4. The van der Waals surface area contributed by atoms with E-state index in [-0.39, 0.29) is 17.8 Å². The number of hydrogen-bond donors (Lipinski definition) is 1. The molecule has 4 heteroatoms. The van der Waals surface area contributed by atoms with Crippen LogP contribution in [0, 0.1) is 5.82 Å². The average Bonchev–Trinajstić information content (AvgIpc) is 2.88. The lowest BCUT2D eigenvalue weighted by Gasteiger charge is -2.17. The first-order chi connectivity index (χ1) is 10.5. The van der Waals surface area contributed by atoms with E-state index in [1.165, 1.54) is 35.5 Å². The van der Waals surface area contributed by atoms with E-state index < -0.39 is 0 Å². The summed E-state index contributed by atoms with van der Waals surface area (Å²) < 4.78 is 12.9. The zero-order valence-corrected chi connectivity index (χ0v) is 12.8. The fourth-order valence-corrected chi connectivity index (χ4v) is 2.82. The number of anilines is 1. The highest BCUT2D eigenvalue weighted by Crippen LogP contribution is 2.29. The highest BCUT2D eigenvalue weighted by Gasteiger charge is 2.18. The summed E-state index contributed by atoms with van der Waals surface area (Å²) in [7, 11) is 2.09. The summed E-state index contributed by atoms with van der Waals surface area (Å²) >= 11 is 0. The maximum Gasteiger partial charge on any atom is 0.251 e. The minimum Gasteiger partial charge on any atom is -0.374 e. The third-order valence-electron chi connectivity index (χ3n) is 4.19. The first-order valence-corrected chi connectivity index (χ1v) is 7.45. The number of nitrogens with one attached hydrogen (secondary N) is 1. The number of amides is 1. The number of rotatable bonds is 3. The standard InChI is InChI=1S/C18H19FN2O/c1-12(20-18(22)13-3-6-16(19)7-4-13)14-5-8-17-15(11-14)9-10-21(17)2/h3-8,11-12H,9-10H2,1-2H3,(H,20,22)/t12-/m1/s1. The van der Waals surface area contributed by atoms with Crippen LogP contribution >= 0.6 is 0 Å². The van der Waals surface area contributed by atoms with E-state index in [2.05, 4.69) is 35.5 Å². The lowest BCUT2D eigenvalue weighted by molar-refractivity contribution is 0.0940. The second-order valence-electron chi connectivity index (χ2n) is 5.76. The van der Waals surface area contributed by atoms with Crippen molar-refractivity contribution in [3.8, 4) is 0 Å². The molecule has 0 unspecified atom stereocenters. The van der Waals surface area contributed by atoms with Crippen molar-refractivity contribution in [2.45, 2.75) is 19.4 Å². The van der Waals surface area contributed by atoms with Crippen molar-refractivity contribution >= 4 is 11.6 Å². The van der Waals surface area contributed by atoms with Crippen LogP contribution in [0.5, 0.6) is 0 Å². The Labute approximate surface area is 129 Å². The Morgan fingerprint density at radius 1 is 1.23 bits per heavy atom. The zero-order valence-electron chi connectivity index (χ0n) is 12.8. The molecule has 0 aliphatic carbocycles. The largest absolute Gasteiger partial charge is 0.374 e. The molecule has 0 bridgehead atoms. The fourth-order valence-electron chi connectivity index (χ4n) is 2.82. The normalized spacial score (nSPS) is 14.6. The number of carbonyl (C=O) groups is 1. The number of carbonyl (C=O) groups excluding carboxylic acids is 1. The molecule has 0 aromatic heterocycles. The molecule has 0 saturated carbocycles. The Hall–Kier alpha value is -2.36. The fraction of sp³-hybridized carbons (Fsp3) is 0.278. The van der Waals surface area contributed by atoms with Crippen LogP contribution in [0.1, 0.15) is 34.5 Å². The molecule has 1 aliphatic heterocycles. The molecule has 0 saturated heterocycles. The average molecular weight is 298 g/mol. The molecular formula is C18H19FN2O. The van der Waals surface area contributed by atoms with E-state index in [1.54, 1.807) is 0 Å². The van der Waals surface area contributed by atoms with Gasteiger partial charge in [-0.1, -0.05) is 12.1 Å². The zero-order chi connectivity index (χ0) is 15.7. The number of hydrogen-bond acceptors (Lipinski definition) is 2. The molecule has 0 radical (unpaired) electrons. The molecule has 1 aliphatic rings. The highest BCUT2D eigenvalue weighted by molar-refractivity contribution is 5.94. The SMILES string of the molecule is C[C@@H](NC(=O)c1ccc(F)cc1)c1ccc2c(c1)CCN2C. The number of likely N-dealkylation sites (N-methyl/N-ethyl adjacent to an activating group) is 1. The van der Waals surface area contributed by atoms with Crippen molar-refractivity contribution in [3.63, 3.8) is 0 Å². The molecule has 3 rings (SSSR count). The Kier molecular flexibility index (Phi) is 3.84. The maximum absolute atomic E-state index is 12.9. The Morgan fingerprint density at radius 2 is 1.95 bits per heavy atom. The minimum absolute atomic E-state index is 0.0891. The maximum atomic E-state index is 12.9. The molecule has 22 heavy (non-hydrogen) atoms. The minimum atomic E-state index is -0.340. The monoisotopic (exact) mass is 298 g/mol. The molecule has 3 nitrogen and oxygen atoms in total. The molecule has 0 spiro atoms. The van der Waals surface area contributed by atoms with E-state index in [1.807, 2.05) is 6.92 Å². The van der Waals surface area contributed by atoms with Crippen molar-refractivity contribution in [2.75, 3.05) is 18.5 Å². The topological polar surface area (TPSA) is 32.3 Å². The molecule has 1 amide bonds. The van der Waals surface area contributed by atoms with Crippen molar-refractivity contribution < 1.29 is 9.18 Å². The van der Waals surface area contributed by atoms with Gasteiger partial charge in [-0.25, -0.2) is 4.39 Å². The molecule has 2 aromatic rings. The van der Waals surface area contributed by atoms with Gasteiger partial charge in [0, 0.05) is 24.8 Å². The first kappa shape index (κ1) is 14.6. The van der Waals surface area contributed by atoms with E-state index in [0.29, 0.717) is 5.56 Å². The van der Waals surface area contributed by atoms with Crippen LogP contribution < -0.4 is 10.2 Å². The van der Waals surface area contributed by atoms with E-state index in [0.717, 1.165) is 18.5 Å². The summed E-state index contributed by atoms with van der Waals surface area (Å²) in [5, 5.41) is 2.96. The number of benzene rings is 2. The number of fused-ring (bicyclic) bond motifs is 1. The third-order valence-corrected chi connectivity index (χ3v) is 4.19. The van der Waals surface area contributed by atoms with Gasteiger partial charge in [-0.3, -0.25) is 4.79 Å². The summed E-state index contributed by atoms with van der Waals surface area (Å²) in [5.41, 5.74) is 4.14. The second-order valence-corrected chi connectivity index (χ2v) is 5.76. The molecular weight excluding hydrogens is 279 g/mol. The van der Waals surface area contributed by atoms with Gasteiger partial charge in [0.15, 0.2) is 0 Å². The van der Waals surface area contributed by atoms with Gasteiger partial charge < -0.3 is 10.2 Å². The lowest BCUT2D eigenvalue weighted by atomic mass is 10.0. The Balaban J connectivity index is 1.73. The van der Waals surface area contributed by atoms with Crippen LogP contribution in [0.3, 0.4) is 0 Å². The first-order valence-electron chi connectivity index (χ1n) is 7.45. The predicted octanol–water partition coefficient (Wildman–Crippen LogP) is 3.31. The van der Waals surface area contributed by atoms with Gasteiger partial charge in [-0.2, -0.15) is 0 Å². The van der Waals surface area contributed by atoms with Crippen LogP contribution in [0.15, 0.2) is 42.5 Å². The molecule has 114 valence electrons. The van der Waals surface area contributed by atoms with Gasteiger partial charge in [-0.15, -0.1) is 0 Å². The van der Waals surface area contributed by atoms with Crippen molar-refractivity contribution in [1.29, 1.82) is 0 Å². The molecule has 1 heterocycles. The molecule has 1 N–H and O–H groups in total. The molecule has 1 atom stereocenters. The van der Waals surface area contributed by atoms with Gasteiger partial charge >= 0.3 is 0 Å². The van der Waals surface area contributed by atoms with E-state index >= 15 is 0 Å². The lowest BCUT2D eigenvalue weighted by Crippen LogP contribution is -2.26. The number of halogens is 1. The van der Waals surface area contributed by atoms with Crippen LogP contribution in [0.25, 0.3) is 0 Å². The third kappa shape index (κ3) is 2.82. The van der Waals surface area contributed by atoms with Crippen molar-refractivity contribution in [2.24, 2.45) is 0 Å². The quantitative estimate of drug-likeness (QED) is 0.943. The second kappa shape index (κ2) is 5.79. The van der Waals surface area contributed by atoms with E-state index in [4.69, 9.17) is 0 Å². The summed E-state index contributed by atoms with van der Waals surface area (Å²) in [6.07, 6.45) is 1.04. The van der Waals surface area contributed by atoms with Gasteiger partial charge in [0.2, 0.25) is 0 Å². The Bertz CT molecular complexity index is 697. The van der Waals surface area contributed by atoms with Crippen molar-refractivity contribution in [3.05, 3.63) is 65.0 Å². The molecule has 0 fully saturated rings. The van der Waals surface area contributed by atoms with Gasteiger partial charge in [0.1, 0.15) is 5.82 Å². The van der Waals surface area contributed by atoms with Crippen LogP contribution in [0.2, 0.25) is 0 Å². The summed E-state index contributed by atoms with van der Waals surface area (Å²) in [6.45, 7) is 3.00. The smallest absolute Gasteiger partial charge is 0.251 e. The van der Waals surface area contributed by atoms with E-state index in [9.17, 15) is 9.18 Å². The highest BCUT2D eigenvalue weighted by atomic mass is 19.1. The van der Waals surface area contributed by atoms with Crippen LogP contribution in [-0.4, -0.2) is 19.5 Å². The van der Waals surface area contributed by atoms with Crippen LogP contribution in [0.4, 0.5) is 10.1 Å². The Morgan fingerprint density at radius 3 is 2.68 bits per heavy atom. The van der Waals surface area contributed by atoms with Gasteiger partial charge in [-0.05, 0) is 54.8 Å². The molecule has 2 aromatic carbocycles. The predicted molar refractivity (Wildman–Crippen MR) is 85.7 cm³/mol. The van der Waals surface area contributed by atoms with Gasteiger partial charge in [0.25, 0.3) is 5.91 Å². The van der Waals surface area contributed by atoms with Crippen LogP contribution in [-0.2, 0) is 6.42 Å². The summed E-state index contributed by atoms with van der Waals surface area (Å²) in [5.74, 6) is -0.530. The summed E-state index contributed by atoms with van der Waals surface area (Å²) in [6, 6.07) is 11.8. The van der Waals surface area contributed by atoms with Crippen molar-refractivity contribution in [1.82, 2.24) is 5.32 Å². The number of nitrogens with zero attached hydrogens (tertiary/aromatic N) is 1.